The quantitative estimate of drug-likeness (QED) is 0.904. The number of hydrogen-bond acceptors (Lipinski definition) is 2. The molecule has 1 rings (SSSR count). The van der Waals surface area contributed by atoms with Gasteiger partial charge in [0, 0.05) is 12.7 Å². The molecule has 0 unspecified atom stereocenters. The zero-order valence-corrected chi connectivity index (χ0v) is 11.6. The molecular weight excluding hydrogens is 236 g/mol. The molecule has 0 saturated heterocycles. The zero-order valence-electron chi connectivity index (χ0n) is 10.8. The Hall–Kier alpha value is -1.06. The van der Waals surface area contributed by atoms with Crippen LogP contribution in [-0.2, 0) is 4.79 Å². The van der Waals surface area contributed by atoms with Crippen LogP contribution in [0.3, 0.4) is 0 Å². The van der Waals surface area contributed by atoms with Gasteiger partial charge in [-0.15, -0.1) is 12.4 Å². The van der Waals surface area contributed by atoms with Gasteiger partial charge < -0.3 is 10.6 Å². The molecule has 0 aliphatic heterocycles. The van der Waals surface area contributed by atoms with Crippen molar-refractivity contribution in [1.29, 1.82) is 0 Å². The number of benzene rings is 1. The molecule has 96 valence electrons. The van der Waals surface area contributed by atoms with Gasteiger partial charge in [0.25, 0.3) is 0 Å². The molecule has 1 atom stereocenters. The number of nitrogens with zero attached hydrogens (tertiary/aromatic N) is 1. The summed E-state index contributed by atoms with van der Waals surface area (Å²) in [6.45, 7) is 5.96. The van der Waals surface area contributed by atoms with Gasteiger partial charge in [0.1, 0.15) is 0 Å². The number of carbonyl (C=O) groups excluding carboxylic acids is 1. The second-order valence-electron chi connectivity index (χ2n) is 4.44. The Morgan fingerprint density at radius 1 is 1.29 bits per heavy atom. The Bertz CT molecular complexity index is 377. The average Bonchev–Trinajstić information content (AvgIpc) is 2.27. The summed E-state index contributed by atoms with van der Waals surface area (Å²) in [6, 6.07) is 7.53. The van der Waals surface area contributed by atoms with Crippen LogP contribution in [0.1, 0.15) is 32.3 Å². The molecule has 0 aliphatic carbocycles. The fraction of sp³-hybridized carbons (Fsp3) is 0.462. The van der Waals surface area contributed by atoms with Crippen LogP contribution in [-0.4, -0.2) is 19.0 Å². The van der Waals surface area contributed by atoms with Crippen molar-refractivity contribution in [3.8, 4) is 0 Å². The van der Waals surface area contributed by atoms with E-state index in [1.165, 1.54) is 5.56 Å². The van der Waals surface area contributed by atoms with Crippen LogP contribution >= 0.6 is 12.4 Å². The van der Waals surface area contributed by atoms with E-state index < -0.39 is 6.04 Å². The molecule has 0 fully saturated rings. The number of halogens is 1. The molecule has 0 saturated carbocycles. The first-order valence-corrected chi connectivity index (χ1v) is 5.56. The lowest BCUT2D eigenvalue weighted by molar-refractivity contribution is -0.119. The molecule has 0 aromatic heterocycles. The largest absolute Gasteiger partial charge is 0.320 e. The van der Waals surface area contributed by atoms with Crippen LogP contribution in [0.25, 0.3) is 0 Å². The highest BCUT2D eigenvalue weighted by Gasteiger charge is 2.15. The molecule has 0 aliphatic rings. The molecule has 2 N–H and O–H groups in total. The van der Waals surface area contributed by atoms with Crippen molar-refractivity contribution in [2.75, 3.05) is 11.9 Å². The van der Waals surface area contributed by atoms with Crippen LogP contribution in [0.2, 0.25) is 0 Å². The second kappa shape index (κ2) is 6.62. The molecule has 3 nitrogen and oxygen atoms in total. The minimum absolute atomic E-state index is 0. The number of rotatable bonds is 3. The molecule has 0 heterocycles. The van der Waals surface area contributed by atoms with Gasteiger partial charge in [-0.3, -0.25) is 4.79 Å². The minimum atomic E-state index is -0.465. The highest BCUT2D eigenvalue weighted by Crippen LogP contribution is 2.21. The third-order valence-electron chi connectivity index (χ3n) is 2.64. The predicted octanol–water partition coefficient (Wildman–Crippen LogP) is 2.54. The Labute approximate surface area is 109 Å². The number of hydrogen-bond donors (Lipinski definition) is 1. The van der Waals surface area contributed by atoms with Crippen LogP contribution in [0.5, 0.6) is 0 Å². The second-order valence-corrected chi connectivity index (χ2v) is 4.44. The SMILES string of the molecule is CC(C)c1cccc(N(C)C(=O)[C@H](C)N)c1.Cl. The number of nitrogens with two attached hydrogens (primary N) is 1. The van der Waals surface area contributed by atoms with Gasteiger partial charge in [-0.25, -0.2) is 0 Å². The summed E-state index contributed by atoms with van der Waals surface area (Å²) >= 11 is 0. The van der Waals surface area contributed by atoms with E-state index in [2.05, 4.69) is 19.9 Å². The van der Waals surface area contributed by atoms with E-state index >= 15 is 0 Å². The lowest BCUT2D eigenvalue weighted by Crippen LogP contribution is -2.39. The van der Waals surface area contributed by atoms with Crippen LogP contribution < -0.4 is 10.6 Å². The third kappa shape index (κ3) is 4.02. The highest BCUT2D eigenvalue weighted by molar-refractivity contribution is 5.96. The highest BCUT2D eigenvalue weighted by atomic mass is 35.5. The average molecular weight is 257 g/mol. The number of likely N-dealkylation sites (N-methyl/N-ethyl adjacent to an activating group) is 1. The van der Waals surface area contributed by atoms with Gasteiger partial charge in [0.15, 0.2) is 0 Å². The van der Waals surface area contributed by atoms with Crippen molar-refractivity contribution in [2.24, 2.45) is 5.73 Å². The van der Waals surface area contributed by atoms with E-state index in [4.69, 9.17) is 5.73 Å². The molecular formula is C13H21ClN2O. The maximum atomic E-state index is 11.7. The zero-order chi connectivity index (χ0) is 12.3. The number of amides is 1. The first-order chi connectivity index (χ1) is 7.43. The fourth-order valence-corrected chi connectivity index (χ4v) is 1.53. The molecule has 0 spiro atoms. The van der Waals surface area contributed by atoms with E-state index in [1.54, 1.807) is 18.9 Å². The maximum absolute atomic E-state index is 11.7. The maximum Gasteiger partial charge on any atom is 0.243 e. The summed E-state index contributed by atoms with van der Waals surface area (Å²) in [5.41, 5.74) is 7.70. The van der Waals surface area contributed by atoms with Crippen molar-refractivity contribution >= 4 is 24.0 Å². The van der Waals surface area contributed by atoms with Gasteiger partial charge in [0.05, 0.1) is 6.04 Å². The Balaban J connectivity index is 0.00000256. The van der Waals surface area contributed by atoms with E-state index in [-0.39, 0.29) is 18.3 Å². The summed E-state index contributed by atoms with van der Waals surface area (Å²) < 4.78 is 0. The summed E-state index contributed by atoms with van der Waals surface area (Å²) in [6.07, 6.45) is 0. The van der Waals surface area contributed by atoms with Crippen molar-refractivity contribution in [3.05, 3.63) is 29.8 Å². The van der Waals surface area contributed by atoms with Crippen LogP contribution in [0.15, 0.2) is 24.3 Å². The van der Waals surface area contributed by atoms with E-state index in [1.807, 2.05) is 18.2 Å². The van der Waals surface area contributed by atoms with Crippen molar-refractivity contribution < 1.29 is 4.79 Å². The van der Waals surface area contributed by atoms with E-state index in [9.17, 15) is 4.79 Å². The first kappa shape index (κ1) is 15.9. The molecule has 0 bridgehead atoms. The fourth-order valence-electron chi connectivity index (χ4n) is 1.53. The number of carbonyl (C=O) groups is 1. The summed E-state index contributed by atoms with van der Waals surface area (Å²) in [4.78, 5) is 13.3. The van der Waals surface area contributed by atoms with E-state index in [0.717, 1.165) is 5.69 Å². The smallest absolute Gasteiger partial charge is 0.243 e. The Morgan fingerprint density at radius 3 is 2.35 bits per heavy atom. The molecule has 0 radical (unpaired) electrons. The molecule has 4 heteroatoms. The standard InChI is InChI=1S/C13H20N2O.ClH/c1-9(2)11-6-5-7-12(8-11)15(4)13(16)10(3)14;/h5-10H,14H2,1-4H3;1H/t10-;/m0./s1. The summed E-state index contributed by atoms with van der Waals surface area (Å²) in [5.74, 6) is 0.389. The Kier molecular flexibility index (Phi) is 6.21. The van der Waals surface area contributed by atoms with Gasteiger partial charge in [-0.05, 0) is 30.5 Å². The summed E-state index contributed by atoms with van der Waals surface area (Å²) in [5, 5.41) is 0. The van der Waals surface area contributed by atoms with Crippen molar-refractivity contribution in [1.82, 2.24) is 0 Å². The molecule has 1 amide bonds. The minimum Gasteiger partial charge on any atom is -0.320 e. The normalized spacial score (nSPS) is 11.9. The van der Waals surface area contributed by atoms with Crippen LogP contribution in [0, 0.1) is 0 Å². The molecule has 17 heavy (non-hydrogen) atoms. The first-order valence-electron chi connectivity index (χ1n) is 5.56. The lowest BCUT2D eigenvalue weighted by atomic mass is 10.0. The molecule has 1 aromatic carbocycles. The van der Waals surface area contributed by atoms with Gasteiger partial charge in [-0.2, -0.15) is 0 Å². The van der Waals surface area contributed by atoms with Gasteiger partial charge >= 0.3 is 0 Å². The number of anilines is 1. The predicted molar refractivity (Wildman–Crippen MR) is 74.8 cm³/mol. The Morgan fingerprint density at radius 2 is 1.88 bits per heavy atom. The lowest BCUT2D eigenvalue weighted by Gasteiger charge is -2.20. The van der Waals surface area contributed by atoms with E-state index in [0.29, 0.717) is 5.92 Å². The topological polar surface area (TPSA) is 46.3 Å². The molecule has 1 aromatic rings. The van der Waals surface area contributed by atoms with Gasteiger partial charge in [0.2, 0.25) is 5.91 Å². The van der Waals surface area contributed by atoms with Crippen molar-refractivity contribution in [3.63, 3.8) is 0 Å². The monoisotopic (exact) mass is 256 g/mol. The summed E-state index contributed by atoms with van der Waals surface area (Å²) in [7, 11) is 1.76. The van der Waals surface area contributed by atoms with Gasteiger partial charge in [-0.1, -0.05) is 26.0 Å². The van der Waals surface area contributed by atoms with Crippen LogP contribution in [0.4, 0.5) is 5.69 Å². The third-order valence-corrected chi connectivity index (χ3v) is 2.64. The van der Waals surface area contributed by atoms with Crippen molar-refractivity contribution in [2.45, 2.75) is 32.7 Å².